The molecule has 188 valence electrons. The first kappa shape index (κ1) is 24.6. The Balaban J connectivity index is 1.35. The van der Waals surface area contributed by atoms with Crippen molar-refractivity contribution in [3.63, 3.8) is 0 Å². The van der Waals surface area contributed by atoms with Gasteiger partial charge in [-0.25, -0.2) is 0 Å². The van der Waals surface area contributed by atoms with Crippen molar-refractivity contribution in [2.24, 2.45) is 0 Å². The molecule has 4 bridgehead atoms. The minimum atomic E-state index is -0.725. The average Bonchev–Trinajstić information content (AvgIpc) is 2.91. The monoisotopic (exact) mass is 548 g/mol. The normalized spacial score (nSPS) is 32.2. The van der Waals surface area contributed by atoms with Gasteiger partial charge in [-0.1, -0.05) is 89.4 Å². The molecule has 0 amide bonds. The Hall–Kier alpha value is -1.71. The number of benzene rings is 3. The van der Waals surface area contributed by atoms with E-state index in [1.807, 2.05) is 54.6 Å². The first-order valence-electron chi connectivity index (χ1n) is 11.7. The second-order valence-electron chi connectivity index (χ2n) is 8.78. The van der Waals surface area contributed by atoms with Crippen LogP contribution in [-0.4, -0.2) is 37.6 Å². The molecule has 7 atom stereocenters. The van der Waals surface area contributed by atoms with Crippen LogP contribution in [0.1, 0.15) is 35.6 Å². The number of hydrogen-bond donors (Lipinski definition) is 0. The molecule has 36 heavy (non-hydrogen) atoms. The van der Waals surface area contributed by atoms with E-state index >= 15 is 0 Å². The molecule has 6 rings (SSSR count). The molecule has 0 saturated carbocycles. The molecule has 3 aliphatic heterocycles. The Morgan fingerprint density at radius 1 is 0.472 bits per heavy atom. The van der Waals surface area contributed by atoms with E-state index in [1.165, 1.54) is 0 Å². The van der Waals surface area contributed by atoms with Gasteiger partial charge in [0.2, 0.25) is 0 Å². The first-order chi connectivity index (χ1) is 17.6. The van der Waals surface area contributed by atoms with Gasteiger partial charge >= 0.3 is 0 Å². The summed E-state index contributed by atoms with van der Waals surface area (Å²) in [6, 6.07) is 22.3. The Labute approximate surface area is 223 Å². The third-order valence-corrected chi connectivity index (χ3v) is 7.55. The lowest BCUT2D eigenvalue weighted by atomic mass is 9.98. The summed E-state index contributed by atoms with van der Waals surface area (Å²) in [4.78, 5) is 0. The van der Waals surface area contributed by atoms with Gasteiger partial charge in [-0.05, 0) is 18.2 Å². The van der Waals surface area contributed by atoms with Crippen LogP contribution in [-0.2, 0) is 28.4 Å². The van der Waals surface area contributed by atoms with Crippen molar-refractivity contribution in [2.75, 3.05) is 13.2 Å². The third-order valence-electron chi connectivity index (χ3n) is 6.52. The highest BCUT2D eigenvalue weighted by Gasteiger charge is 2.52. The molecule has 3 aromatic carbocycles. The van der Waals surface area contributed by atoms with E-state index in [9.17, 15) is 0 Å². The molecule has 3 saturated heterocycles. The van der Waals surface area contributed by atoms with Gasteiger partial charge in [0.25, 0.3) is 0 Å². The molecule has 0 radical (unpaired) electrons. The highest BCUT2D eigenvalue weighted by molar-refractivity contribution is 6.32. The predicted octanol–water partition coefficient (Wildman–Crippen LogP) is 6.66. The van der Waals surface area contributed by atoms with Gasteiger partial charge in [0.15, 0.2) is 18.9 Å². The maximum absolute atomic E-state index is 6.47. The van der Waals surface area contributed by atoms with Gasteiger partial charge in [0.05, 0.1) is 13.2 Å². The van der Waals surface area contributed by atoms with Gasteiger partial charge in [-0.2, -0.15) is 0 Å². The molecule has 3 aliphatic rings. The Morgan fingerprint density at radius 3 is 1.22 bits per heavy atom. The average molecular weight is 550 g/mol. The van der Waals surface area contributed by atoms with Crippen molar-refractivity contribution in [2.45, 2.75) is 43.3 Å². The van der Waals surface area contributed by atoms with E-state index < -0.39 is 43.3 Å². The van der Waals surface area contributed by atoms with Crippen LogP contribution >= 0.6 is 34.8 Å². The topological polar surface area (TPSA) is 55.4 Å². The SMILES string of the molecule is Clc1ccccc1C1OC[C@@H]2OC(c3ccccc3Cl)O[C@@H]3[C@H]2OC(c2ccccc2Cl)O[C@@H]3CO1. The molecule has 0 aliphatic carbocycles. The highest BCUT2D eigenvalue weighted by atomic mass is 35.5. The van der Waals surface area contributed by atoms with Gasteiger partial charge in [0.1, 0.15) is 24.4 Å². The summed E-state index contributed by atoms with van der Waals surface area (Å²) in [5.74, 6) is 0. The first-order valence-corrected chi connectivity index (χ1v) is 12.8. The molecular weight excluding hydrogens is 527 g/mol. The molecule has 0 aromatic heterocycles. The van der Waals surface area contributed by atoms with E-state index in [0.717, 1.165) is 16.7 Å². The number of halogens is 3. The minimum Gasteiger partial charge on any atom is -0.346 e. The molecule has 0 spiro atoms. The van der Waals surface area contributed by atoms with E-state index in [-0.39, 0.29) is 13.2 Å². The summed E-state index contributed by atoms with van der Waals surface area (Å²) in [6.45, 7) is 0.340. The van der Waals surface area contributed by atoms with Crippen molar-refractivity contribution >= 4 is 34.8 Å². The largest absolute Gasteiger partial charge is 0.346 e. The van der Waals surface area contributed by atoms with Gasteiger partial charge in [-0.3, -0.25) is 0 Å². The minimum absolute atomic E-state index is 0.170. The van der Waals surface area contributed by atoms with Gasteiger partial charge < -0.3 is 28.4 Å². The summed E-state index contributed by atoms with van der Waals surface area (Å²) in [6.07, 6.45) is -4.19. The summed E-state index contributed by atoms with van der Waals surface area (Å²) < 4.78 is 38.1. The lowest BCUT2D eigenvalue weighted by Gasteiger charge is -2.48. The van der Waals surface area contributed by atoms with E-state index in [1.54, 1.807) is 18.2 Å². The van der Waals surface area contributed by atoms with Gasteiger partial charge in [0, 0.05) is 31.8 Å². The number of hydrogen-bond acceptors (Lipinski definition) is 6. The van der Waals surface area contributed by atoms with Crippen LogP contribution in [0.5, 0.6) is 0 Å². The molecule has 3 heterocycles. The summed E-state index contributed by atoms with van der Waals surface area (Å²) in [5, 5.41) is 1.64. The summed E-state index contributed by atoms with van der Waals surface area (Å²) >= 11 is 19.4. The fraction of sp³-hybridized carbons (Fsp3) is 0.333. The third kappa shape index (κ3) is 4.78. The van der Waals surface area contributed by atoms with Crippen LogP contribution in [0.3, 0.4) is 0 Å². The number of ether oxygens (including phenoxy) is 6. The van der Waals surface area contributed by atoms with Crippen LogP contribution in [0.2, 0.25) is 15.1 Å². The zero-order valence-corrected chi connectivity index (χ0v) is 21.2. The van der Waals surface area contributed by atoms with Crippen LogP contribution in [0.4, 0.5) is 0 Å². The van der Waals surface area contributed by atoms with Crippen molar-refractivity contribution in [1.82, 2.24) is 0 Å². The van der Waals surface area contributed by atoms with Gasteiger partial charge in [-0.15, -0.1) is 0 Å². The lowest BCUT2D eigenvalue weighted by Crippen LogP contribution is -2.59. The molecule has 3 fully saturated rings. The zero-order valence-electron chi connectivity index (χ0n) is 19.0. The van der Waals surface area contributed by atoms with Crippen molar-refractivity contribution in [3.05, 3.63) is 105 Å². The molecular formula is C27H23Cl3O6. The molecule has 9 heteroatoms. The smallest absolute Gasteiger partial charge is 0.186 e. The van der Waals surface area contributed by atoms with E-state index in [4.69, 9.17) is 63.2 Å². The number of rotatable bonds is 3. The maximum Gasteiger partial charge on any atom is 0.186 e. The quantitative estimate of drug-likeness (QED) is 0.364. The molecule has 0 N–H and O–H groups in total. The second kappa shape index (κ2) is 10.6. The summed E-state index contributed by atoms with van der Waals surface area (Å²) in [5.41, 5.74) is 2.16. The van der Waals surface area contributed by atoms with E-state index in [2.05, 4.69) is 0 Å². The van der Waals surface area contributed by atoms with Crippen LogP contribution < -0.4 is 0 Å². The van der Waals surface area contributed by atoms with Crippen molar-refractivity contribution < 1.29 is 28.4 Å². The molecule has 3 aromatic rings. The predicted molar refractivity (Wildman–Crippen MR) is 134 cm³/mol. The Bertz CT molecular complexity index is 1150. The Kier molecular flexibility index (Phi) is 7.23. The van der Waals surface area contributed by atoms with Crippen LogP contribution in [0, 0.1) is 0 Å². The lowest BCUT2D eigenvalue weighted by molar-refractivity contribution is -0.384. The second-order valence-corrected chi connectivity index (χ2v) is 10.00. The zero-order chi connectivity index (χ0) is 24.6. The fourth-order valence-corrected chi connectivity index (χ4v) is 5.40. The van der Waals surface area contributed by atoms with Crippen LogP contribution in [0.25, 0.3) is 0 Å². The van der Waals surface area contributed by atoms with Crippen LogP contribution in [0.15, 0.2) is 72.8 Å². The summed E-state index contributed by atoms with van der Waals surface area (Å²) in [7, 11) is 0. The van der Waals surface area contributed by atoms with E-state index in [0.29, 0.717) is 15.1 Å². The fourth-order valence-electron chi connectivity index (χ4n) is 4.73. The molecule has 3 unspecified atom stereocenters. The molecule has 6 nitrogen and oxygen atoms in total. The Morgan fingerprint density at radius 2 is 0.833 bits per heavy atom. The maximum atomic E-state index is 6.47. The van der Waals surface area contributed by atoms with Crippen molar-refractivity contribution in [3.8, 4) is 0 Å². The standard InChI is InChI=1S/C27H23Cl3O6/c28-18-10-4-1-7-15(18)25-31-13-21-24-23(35-26(33-21)16-8-2-5-11-19(16)29)22(14-32-25)34-27(36-24)17-9-3-6-12-20(17)30/h1-12,21-27H,13-14H2/t21-,22+,23-,24-,25?,26?,27?/m0/s1. The van der Waals surface area contributed by atoms with Crippen molar-refractivity contribution in [1.29, 1.82) is 0 Å². The highest BCUT2D eigenvalue weighted by Crippen LogP contribution is 2.44.